The summed E-state index contributed by atoms with van der Waals surface area (Å²) in [5.74, 6) is 0. The number of hydrogen-bond acceptors (Lipinski definition) is 2. The third-order valence-corrected chi connectivity index (χ3v) is 2.38. The Balaban J connectivity index is 2.23. The van der Waals surface area contributed by atoms with Crippen molar-refractivity contribution < 1.29 is 9.59 Å². The molecule has 0 aliphatic carbocycles. The van der Waals surface area contributed by atoms with E-state index in [-0.39, 0.29) is 12.6 Å². The van der Waals surface area contributed by atoms with E-state index in [0.717, 1.165) is 16.5 Å². The van der Waals surface area contributed by atoms with Gasteiger partial charge in [-0.15, -0.1) is 0 Å². The fourth-order valence-electron chi connectivity index (χ4n) is 1.64. The van der Waals surface area contributed by atoms with Gasteiger partial charge >= 0.3 is 6.03 Å². The van der Waals surface area contributed by atoms with Crippen molar-refractivity contribution in [2.75, 3.05) is 11.9 Å². The summed E-state index contributed by atoms with van der Waals surface area (Å²) >= 11 is 0. The molecule has 2 aromatic rings. The monoisotopic (exact) mass is 228 g/mol. The number of fused-ring (bicyclic) bond motifs is 1. The normalized spacial score (nSPS) is 9.88. The van der Waals surface area contributed by atoms with E-state index in [1.165, 1.54) is 0 Å². The maximum atomic E-state index is 11.4. The molecule has 0 aliphatic heterocycles. The molecule has 4 heteroatoms. The summed E-state index contributed by atoms with van der Waals surface area (Å²) < 4.78 is 0. The molecule has 0 aliphatic rings. The van der Waals surface area contributed by atoms with Crippen LogP contribution in [0.4, 0.5) is 10.5 Å². The van der Waals surface area contributed by atoms with Gasteiger partial charge in [0, 0.05) is 5.39 Å². The molecule has 2 N–H and O–H groups in total. The van der Waals surface area contributed by atoms with Crippen LogP contribution in [0.15, 0.2) is 42.5 Å². The number of carbonyl (C=O) groups excluding carboxylic acids is 2. The minimum Gasteiger partial charge on any atom is -0.331 e. The number of rotatable bonds is 3. The van der Waals surface area contributed by atoms with Gasteiger partial charge in [-0.05, 0) is 11.5 Å². The van der Waals surface area contributed by atoms with E-state index in [4.69, 9.17) is 0 Å². The van der Waals surface area contributed by atoms with E-state index in [1.54, 1.807) is 0 Å². The van der Waals surface area contributed by atoms with Gasteiger partial charge in [0.15, 0.2) is 0 Å². The fourth-order valence-corrected chi connectivity index (χ4v) is 1.64. The summed E-state index contributed by atoms with van der Waals surface area (Å²) in [7, 11) is 0. The van der Waals surface area contributed by atoms with Crippen molar-refractivity contribution in [1.29, 1.82) is 0 Å². The van der Waals surface area contributed by atoms with Crippen LogP contribution in [-0.2, 0) is 4.79 Å². The van der Waals surface area contributed by atoms with Gasteiger partial charge in [0.1, 0.15) is 6.29 Å². The number of amides is 2. The lowest BCUT2D eigenvalue weighted by atomic mass is 10.1. The summed E-state index contributed by atoms with van der Waals surface area (Å²) in [4.78, 5) is 21.6. The summed E-state index contributed by atoms with van der Waals surface area (Å²) in [5, 5.41) is 7.16. The second-order valence-electron chi connectivity index (χ2n) is 3.53. The number of aldehydes is 1. The Morgan fingerprint density at radius 1 is 1.12 bits per heavy atom. The second-order valence-corrected chi connectivity index (χ2v) is 3.53. The van der Waals surface area contributed by atoms with Gasteiger partial charge in [-0.3, -0.25) is 0 Å². The lowest BCUT2D eigenvalue weighted by molar-refractivity contribution is -0.107. The predicted molar refractivity (Wildman–Crippen MR) is 67.0 cm³/mol. The van der Waals surface area contributed by atoms with Crippen molar-refractivity contribution in [3.63, 3.8) is 0 Å². The average molecular weight is 228 g/mol. The molecule has 2 aromatic carbocycles. The third-order valence-electron chi connectivity index (χ3n) is 2.38. The fraction of sp³-hybridized carbons (Fsp3) is 0.0769. The first kappa shape index (κ1) is 11.1. The highest BCUT2D eigenvalue weighted by molar-refractivity contribution is 6.01. The molecule has 0 heterocycles. The van der Waals surface area contributed by atoms with Gasteiger partial charge < -0.3 is 15.4 Å². The number of nitrogens with one attached hydrogen (secondary N) is 2. The standard InChI is InChI=1S/C13H12N2O2/c16-9-8-14-13(17)15-12-7-3-5-10-4-1-2-6-11(10)12/h1-7,9H,8H2,(H2,14,15,17). The molecule has 4 nitrogen and oxygen atoms in total. The van der Waals surface area contributed by atoms with Crippen LogP contribution in [-0.4, -0.2) is 18.9 Å². The van der Waals surface area contributed by atoms with Crippen molar-refractivity contribution in [2.24, 2.45) is 0 Å². The smallest absolute Gasteiger partial charge is 0.319 e. The Kier molecular flexibility index (Phi) is 3.35. The maximum absolute atomic E-state index is 11.4. The topological polar surface area (TPSA) is 58.2 Å². The van der Waals surface area contributed by atoms with Crippen LogP contribution in [0.3, 0.4) is 0 Å². The zero-order valence-electron chi connectivity index (χ0n) is 9.14. The Morgan fingerprint density at radius 2 is 1.88 bits per heavy atom. The number of anilines is 1. The highest BCUT2D eigenvalue weighted by Gasteiger charge is 2.03. The van der Waals surface area contributed by atoms with Crippen molar-refractivity contribution in [3.8, 4) is 0 Å². The molecular formula is C13H12N2O2. The first-order chi connectivity index (χ1) is 8.31. The minimum atomic E-state index is -0.381. The highest BCUT2D eigenvalue weighted by atomic mass is 16.2. The largest absolute Gasteiger partial charge is 0.331 e. The molecule has 2 rings (SSSR count). The molecule has 0 radical (unpaired) electrons. The van der Waals surface area contributed by atoms with Crippen LogP contribution in [0.5, 0.6) is 0 Å². The van der Waals surface area contributed by atoms with E-state index in [2.05, 4.69) is 10.6 Å². The first-order valence-electron chi connectivity index (χ1n) is 5.27. The van der Waals surface area contributed by atoms with Crippen molar-refractivity contribution >= 4 is 28.8 Å². The summed E-state index contributed by atoms with van der Waals surface area (Å²) in [6.07, 6.45) is 0.642. The van der Waals surface area contributed by atoms with Gasteiger partial charge in [0.05, 0.1) is 12.2 Å². The Bertz CT molecular complexity index is 547. The van der Waals surface area contributed by atoms with Crippen LogP contribution < -0.4 is 10.6 Å². The SMILES string of the molecule is O=CCNC(=O)Nc1cccc2ccccc12. The molecule has 0 spiro atoms. The van der Waals surface area contributed by atoms with E-state index in [1.807, 2.05) is 42.5 Å². The predicted octanol–water partition coefficient (Wildman–Crippen LogP) is 2.16. The Hall–Kier alpha value is -2.36. The summed E-state index contributed by atoms with van der Waals surface area (Å²) in [6, 6.07) is 13.1. The highest BCUT2D eigenvalue weighted by Crippen LogP contribution is 2.22. The minimum absolute atomic E-state index is 0.0105. The molecule has 0 bridgehead atoms. The number of carbonyl (C=O) groups is 2. The van der Waals surface area contributed by atoms with E-state index < -0.39 is 0 Å². The van der Waals surface area contributed by atoms with Gasteiger partial charge in [0.25, 0.3) is 0 Å². The lowest BCUT2D eigenvalue weighted by Gasteiger charge is -2.08. The van der Waals surface area contributed by atoms with E-state index in [0.29, 0.717) is 6.29 Å². The van der Waals surface area contributed by atoms with Gasteiger partial charge in [-0.25, -0.2) is 4.79 Å². The first-order valence-corrected chi connectivity index (χ1v) is 5.27. The van der Waals surface area contributed by atoms with E-state index >= 15 is 0 Å². The van der Waals surface area contributed by atoms with Crippen LogP contribution in [0, 0.1) is 0 Å². The van der Waals surface area contributed by atoms with E-state index in [9.17, 15) is 9.59 Å². The molecule has 0 aromatic heterocycles. The maximum Gasteiger partial charge on any atom is 0.319 e. The van der Waals surface area contributed by atoms with Crippen LogP contribution in [0.25, 0.3) is 10.8 Å². The van der Waals surface area contributed by atoms with Gasteiger partial charge in [-0.2, -0.15) is 0 Å². The van der Waals surface area contributed by atoms with Crippen LogP contribution >= 0.6 is 0 Å². The molecule has 17 heavy (non-hydrogen) atoms. The Morgan fingerprint density at radius 3 is 2.71 bits per heavy atom. The molecular weight excluding hydrogens is 216 g/mol. The number of hydrogen-bond donors (Lipinski definition) is 2. The van der Waals surface area contributed by atoms with Crippen molar-refractivity contribution in [1.82, 2.24) is 5.32 Å². The molecule has 0 fully saturated rings. The van der Waals surface area contributed by atoms with Crippen LogP contribution in [0.1, 0.15) is 0 Å². The zero-order chi connectivity index (χ0) is 12.1. The lowest BCUT2D eigenvalue weighted by Crippen LogP contribution is -2.30. The summed E-state index contributed by atoms with van der Waals surface area (Å²) in [6.45, 7) is 0.0105. The third kappa shape index (κ3) is 2.60. The van der Waals surface area contributed by atoms with Crippen molar-refractivity contribution in [2.45, 2.75) is 0 Å². The van der Waals surface area contributed by atoms with Crippen LogP contribution in [0.2, 0.25) is 0 Å². The number of benzene rings is 2. The Labute approximate surface area is 98.6 Å². The number of urea groups is 1. The summed E-state index contributed by atoms with van der Waals surface area (Å²) in [5.41, 5.74) is 0.728. The quantitative estimate of drug-likeness (QED) is 0.791. The molecule has 86 valence electrons. The molecule has 0 atom stereocenters. The van der Waals surface area contributed by atoms with Gasteiger partial charge in [-0.1, -0.05) is 36.4 Å². The zero-order valence-corrected chi connectivity index (χ0v) is 9.14. The molecule has 0 saturated heterocycles. The molecule has 2 amide bonds. The van der Waals surface area contributed by atoms with Gasteiger partial charge in [0.2, 0.25) is 0 Å². The second kappa shape index (κ2) is 5.12. The van der Waals surface area contributed by atoms with Crippen molar-refractivity contribution in [3.05, 3.63) is 42.5 Å². The molecule has 0 unspecified atom stereocenters. The average Bonchev–Trinajstić information content (AvgIpc) is 2.37. The molecule has 0 saturated carbocycles.